The number of rotatable bonds is 5. The van der Waals surface area contributed by atoms with Gasteiger partial charge >= 0.3 is 6.03 Å². The fraction of sp³-hybridized carbons (Fsp3) is 0.381. The van der Waals surface area contributed by atoms with E-state index in [1.165, 1.54) is 11.3 Å². The number of amides is 2. The first-order valence-corrected chi connectivity index (χ1v) is 9.34. The maximum absolute atomic E-state index is 12.4. The van der Waals surface area contributed by atoms with Crippen molar-refractivity contribution in [1.82, 2.24) is 10.2 Å². The van der Waals surface area contributed by atoms with Crippen LogP contribution >= 0.6 is 0 Å². The van der Waals surface area contributed by atoms with Crippen LogP contribution in [0.1, 0.15) is 18.1 Å². The fourth-order valence-corrected chi connectivity index (χ4v) is 3.77. The minimum atomic E-state index is -0.0761. The Bertz CT molecular complexity index is 839. The third-order valence-electron chi connectivity index (χ3n) is 5.18. The summed E-state index contributed by atoms with van der Waals surface area (Å²) >= 11 is 0. The normalized spacial score (nSPS) is 17.0. The van der Waals surface area contributed by atoms with Gasteiger partial charge in [-0.1, -0.05) is 24.3 Å². The number of carbonyl (C=O) groups is 1. The molecule has 2 aliphatic heterocycles. The number of fused-ring (bicyclic) bond motifs is 2. The number of nitrogens with one attached hydrogen (secondary N) is 1. The van der Waals surface area contributed by atoms with Crippen molar-refractivity contribution in [3.63, 3.8) is 0 Å². The van der Waals surface area contributed by atoms with Crippen LogP contribution in [0.5, 0.6) is 11.5 Å². The number of hydrogen-bond donors (Lipinski definition) is 1. The molecule has 1 unspecified atom stereocenters. The zero-order valence-electron chi connectivity index (χ0n) is 15.8. The van der Waals surface area contributed by atoms with Gasteiger partial charge in [0.05, 0.1) is 0 Å². The van der Waals surface area contributed by atoms with Crippen molar-refractivity contribution in [2.24, 2.45) is 0 Å². The molecule has 2 amide bonds. The molecule has 0 bridgehead atoms. The fourth-order valence-electron chi connectivity index (χ4n) is 3.77. The van der Waals surface area contributed by atoms with Gasteiger partial charge in [0.15, 0.2) is 11.5 Å². The van der Waals surface area contributed by atoms with Gasteiger partial charge in [-0.3, -0.25) is 0 Å². The van der Waals surface area contributed by atoms with E-state index in [2.05, 4.69) is 41.4 Å². The molecular formula is C21H25N3O3. The number of nitrogens with zero attached hydrogens (tertiary/aromatic N) is 2. The Labute approximate surface area is 159 Å². The summed E-state index contributed by atoms with van der Waals surface area (Å²) < 4.78 is 10.7. The molecule has 1 atom stereocenters. The van der Waals surface area contributed by atoms with E-state index in [1.54, 1.807) is 11.9 Å². The van der Waals surface area contributed by atoms with Crippen molar-refractivity contribution < 1.29 is 14.3 Å². The summed E-state index contributed by atoms with van der Waals surface area (Å²) in [4.78, 5) is 16.5. The third kappa shape index (κ3) is 3.65. The summed E-state index contributed by atoms with van der Waals surface area (Å²) in [5.74, 6) is 1.49. The Morgan fingerprint density at radius 1 is 1.22 bits per heavy atom. The van der Waals surface area contributed by atoms with Crippen LogP contribution in [0.2, 0.25) is 0 Å². The second kappa shape index (κ2) is 7.39. The number of carbonyl (C=O) groups excluding carboxylic acids is 1. The summed E-state index contributed by atoms with van der Waals surface area (Å²) in [6, 6.07) is 14.7. The van der Waals surface area contributed by atoms with E-state index in [1.807, 2.05) is 18.2 Å². The Hall–Kier alpha value is -2.89. The first kappa shape index (κ1) is 17.5. The molecule has 1 N–H and O–H groups in total. The van der Waals surface area contributed by atoms with E-state index >= 15 is 0 Å². The van der Waals surface area contributed by atoms with Gasteiger partial charge < -0.3 is 24.6 Å². The largest absolute Gasteiger partial charge is 0.454 e. The van der Waals surface area contributed by atoms with Crippen molar-refractivity contribution in [2.75, 3.05) is 31.8 Å². The lowest BCUT2D eigenvalue weighted by Gasteiger charge is -2.26. The standard InChI is InChI=1S/C21H25N3O3/c1-15-11-17-5-3-4-6-18(17)24(15)10-9-22-21(25)23(2)13-16-7-8-19-20(12-16)27-14-26-19/h3-8,12,15H,9-11,13-14H2,1-2H3,(H,22,25). The molecule has 6 nitrogen and oxygen atoms in total. The van der Waals surface area contributed by atoms with Crippen molar-refractivity contribution in [3.8, 4) is 11.5 Å². The Morgan fingerprint density at radius 3 is 2.93 bits per heavy atom. The molecule has 2 aromatic carbocycles. The number of hydrogen-bond acceptors (Lipinski definition) is 4. The summed E-state index contributed by atoms with van der Waals surface area (Å²) in [6.07, 6.45) is 1.06. The van der Waals surface area contributed by atoms with E-state index in [0.717, 1.165) is 30.0 Å². The van der Waals surface area contributed by atoms with E-state index in [0.29, 0.717) is 19.1 Å². The van der Waals surface area contributed by atoms with Crippen LogP contribution in [0.3, 0.4) is 0 Å². The van der Waals surface area contributed by atoms with Gasteiger partial charge in [-0.2, -0.15) is 0 Å². The van der Waals surface area contributed by atoms with E-state index in [-0.39, 0.29) is 12.8 Å². The maximum Gasteiger partial charge on any atom is 0.317 e. The molecule has 2 aromatic rings. The van der Waals surface area contributed by atoms with Gasteiger partial charge in [0, 0.05) is 38.4 Å². The van der Waals surface area contributed by atoms with Crippen molar-refractivity contribution in [1.29, 1.82) is 0 Å². The Balaban J connectivity index is 1.28. The number of para-hydroxylation sites is 1. The smallest absolute Gasteiger partial charge is 0.317 e. The Morgan fingerprint density at radius 2 is 2.04 bits per heavy atom. The van der Waals surface area contributed by atoms with Crippen molar-refractivity contribution >= 4 is 11.7 Å². The van der Waals surface area contributed by atoms with Crippen LogP contribution in [0.15, 0.2) is 42.5 Å². The average molecular weight is 367 g/mol. The lowest BCUT2D eigenvalue weighted by Crippen LogP contribution is -2.42. The molecule has 0 saturated carbocycles. The predicted octanol–water partition coefficient (Wildman–Crippen LogP) is 3.01. The first-order valence-electron chi connectivity index (χ1n) is 9.34. The molecule has 0 spiro atoms. The molecule has 2 aliphatic rings. The molecule has 0 aliphatic carbocycles. The number of anilines is 1. The van der Waals surface area contributed by atoms with Gasteiger partial charge in [0.2, 0.25) is 6.79 Å². The second-order valence-corrected chi connectivity index (χ2v) is 7.15. The minimum Gasteiger partial charge on any atom is -0.454 e. The second-order valence-electron chi connectivity index (χ2n) is 7.15. The molecule has 0 saturated heterocycles. The molecule has 142 valence electrons. The van der Waals surface area contributed by atoms with Crippen LogP contribution in [-0.4, -0.2) is 43.9 Å². The highest BCUT2D eigenvalue weighted by Gasteiger charge is 2.25. The molecule has 0 fully saturated rings. The van der Waals surface area contributed by atoms with Gasteiger partial charge in [-0.05, 0) is 42.7 Å². The molecule has 6 heteroatoms. The maximum atomic E-state index is 12.4. The highest BCUT2D eigenvalue weighted by atomic mass is 16.7. The summed E-state index contributed by atoms with van der Waals surface area (Å²) in [7, 11) is 1.80. The van der Waals surface area contributed by atoms with Gasteiger partial charge in [-0.15, -0.1) is 0 Å². The topological polar surface area (TPSA) is 54.0 Å². The van der Waals surface area contributed by atoms with Gasteiger partial charge in [0.25, 0.3) is 0 Å². The highest BCUT2D eigenvalue weighted by molar-refractivity contribution is 5.74. The zero-order chi connectivity index (χ0) is 18.8. The highest BCUT2D eigenvalue weighted by Crippen LogP contribution is 2.33. The molecule has 0 aromatic heterocycles. The minimum absolute atomic E-state index is 0.0761. The van der Waals surface area contributed by atoms with Gasteiger partial charge in [0.1, 0.15) is 0 Å². The van der Waals surface area contributed by atoms with Crippen molar-refractivity contribution in [2.45, 2.75) is 25.9 Å². The van der Waals surface area contributed by atoms with Crippen molar-refractivity contribution in [3.05, 3.63) is 53.6 Å². The monoisotopic (exact) mass is 367 g/mol. The lowest BCUT2D eigenvalue weighted by atomic mass is 10.1. The summed E-state index contributed by atoms with van der Waals surface area (Å²) in [6.45, 7) is 4.43. The van der Waals surface area contributed by atoms with E-state index in [4.69, 9.17) is 9.47 Å². The first-order chi connectivity index (χ1) is 13.1. The average Bonchev–Trinajstić information content (AvgIpc) is 3.25. The summed E-state index contributed by atoms with van der Waals surface area (Å²) in [5.41, 5.74) is 3.68. The SMILES string of the molecule is CC1Cc2ccccc2N1CCNC(=O)N(C)Cc1ccc2c(c1)OCO2. The predicted molar refractivity (Wildman–Crippen MR) is 104 cm³/mol. The van der Waals surface area contributed by atoms with Crippen LogP contribution < -0.4 is 19.7 Å². The number of benzene rings is 2. The van der Waals surface area contributed by atoms with E-state index < -0.39 is 0 Å². The number of urea groups is 1. The molecular weight excluding hydrogens is 342 g/mol. The quantitative estimate of drug-likeness (QED) is 0.883. The molecule has 0 radical (unpaired) electrons. The molecule has 2 heterocycles. The Kier molecular flexibility index (Phi) is 4.79. The van der Waals surface area contributed by atoms with Crippen LogP contribution in [0, 0.1) is 0 Å². The molecule has 4 rings (SSSR count). The van der Waals surface area contributed by atoms with Crippen LogP contribution in [0.4, 0.5) is 10.5 Å². The lowest BCUT2D eigenvalue weighted by molar-refractivity contribution is 0.174. The third-order valence-corrected chi connectivity index (χ3v) is 5.18. The van der Waals surface area contributed by atoms with Gasteiger partial charge in [-0.25, -0.2) is 4.79 Å². The van der Waals surface area contributed by atoms with Crippen LogP contribution in [0.25, 0.3) is 0 Å². The number of ether oxygens (including phenoxy) is 2. The van der Waals surface area contributed by atoms with Crippen LogP contribution in [-0.2, 0) is 13.0 Å². The summed E-state index contributed by atoms with van der Waals surface area (Å²) in [5, 5.41) is 3.02. The molecule has 27 heavy (non-hydrogen) atoms. The van der Waals surface area contributed by atoms with E-state index in [9.17, 15) is 4.79 Å². The zero-order valence-corrected chi connectivity index (χ0v) is 15.8.